The highest BCUT2D eigenvalue weighted by molar-refractivity contribution is 5.28. The molecular weight excluding hydrogens is 220 g/mol. The summed E-state index contributed by atoms with van der Waals surface area (Å²) in [7, 11) is 0. The maximum Gasteiger partial charge on any atom is 0.0312 e. The molecule has 0 aliphatic heterocycles. The first-order valence-corrected chi connectivity index (χ1v) is 7.46. The number of aromatic nitrogens is 1. The van der Waals surface area contributed by atoms with Gasteiger partial charge in [0.15, 0.2) is 0 Å². The minimum absolute atomic E-state index is 0.281. The summed E-state index contributed by atoms with van der Waals surface area (Å²) in [6.45, 7) is 1.15. The maximum atomic E-state index is 6.17. The van der Waals surface area contributed by atoms with Gasteiger partial charge in [0.1, 0.15) is 0 Å². The van der Waals surface area contributed by atoms with Gasteiger partial charge >= 0.3 is 0 Å². The number of hydrogen-bond acceptors (Lipinski definition) is 1. The number of hydrogen-bond donors (Lipinski definition) is 1. The number of nitrogens with two attached hydrogens (primary N) is 1. The number of rotatable bonds is 3. The Bertz CT molecular complexity index is 442. The lowest BCUT2D eigenvalue weighted by Crippen LogP contribution is -2.18. The number of aryl methyl sites for hydroxylation is 1. The van der Waals surface area contributed by atoms with Crippen LogP contribution in [0.25, 0.3) is 0 Å². The Hall–Kier alpha value is -1.02. The van der Waals surface area contributed by atoms with Gasteiger partial charge in [-0.3, -0.25) is 0 Å². The Morgan fingerprint density at radius 3 is 3.00 bits per heavy atom. The van der Waals surface area contributed by atoms with E-state index < -0.39 is 0 Å². The summed E-state index contributed by atoms with van der Waals surface area (Å²) in [5, 5.41) is 0. The summed E-state index contributed by atoms with van der Waals surface area (Å²) in [5.74, 6) is 0. The fourth-order valence-corrected chi connectivity index (χ4v) is 3.40. The van der Waals surface area contributed by atoms with Crippen molar-refractivity contribution in [3.05, 3.63) is 35.2 Å². The summed E-state index contributed by atoms with van der Waals surface area (Å²) < 4.78 is 2.45. The van der Waals surface area contributed by atoms with Crippen LogP contribution in [0.1, 0.15) is 62.2 Å². The van der Waals surface area contributed by atoms with E-state index in [0.717, 1.165) is 13.0 Å². The van der Waals surface area contributed by atoms with Crippen LogP contribution in [0.15, 0.2) is 23.9 Å². The molecular formula is C16H24N2. The third-order valence-corrected chi connectivity index (χ3v) is 4.50. The molecule has 0 saturated heterocycles. The summed E-state index contributed by atoms with van der Waals surface area (Å²) >= 11 is 0. The van der Waals surface area contributed by atoms with Crippen LogP contribution in [0, 0.1) is 0 Å². The van der Waals surface area contributed by atoms with Crippen molar-refractivity contribution in [2.75, 3.05) is 0 Å². The fourth-order valence-electron chi connectivity index (χ4n) is 3.40. The fraction of sp³-hybridized carbons (Fsp3) is 0.625. The normalized spacial score (nSPS) is 23.6. The van der Waals surface area contributed by atoms with Crippen LogP contribution < -0.4 is 5.73 Å². The molecule has 2 heteroatoms. The second kappa shape index (κ2) is 5.31. The van der Waals surface area contributed by atoms with E-state index >= 15 is 0 Å². The van der Waals surface area contributed by atoms with E-state index in [-0.39, 0.29) is 6.04 Å². The van der Waals surface area contributed by atoms with E-state index in [1.165, 1.54) is 56.2 Å². The van der Waals surface area contributed by atoms with E-state index in [9.17, 15) is 0 Å². The van der Waals surface area contributed by atoms with Gasteiger partial charge in [-0.2, -0.15) is 0 Å². The van der Waals surface area contributed by atoms with Crippen LogP contribution in [0.3, 0.4) is 0 Å². The van der Waals surface area contributed by atoms with Crippen molar-refractivity contribution in [2.45, 2.75) is 64.0 Å². The average Bonchev–Trinajstić information content (AvgIpc) is 2.82. The molecule has 2 N–H and O–H groups in total. The van der Waals surface area contributed by atoms with Crippen LogP contribution in [0.4, 0.5) is 0 Å². The van der Waals surface area contributed by atoms with Crippen LogP contribution in [0.2, 0.25) is 0 Å². The lowest BCUT2D eigenvalue weighted by molar-refractivity contribution is 0.534. The van der Waals surface area contributed by atoms with E-state index in [2.05, 4.69) is 22.9 Å². The van der Waals surface area contributed by atoms with Crippen LogP contribution in [0.5, 0.6) is 0 Å². The van der Waals surface area contributed by atoms with Crippen molar-refractivity contribution in [1.82, 2.24) is 4.57 Å². The first kappa shape index (κ1) is 12.0. The molecule has 98 valence electrons. The van der Waals surface area contributed by atoms with Crippen molar-refractivity contribution < 1.29 is 0 Å². The van der Waals surface area contributed by atoms with Crippen molar-refractivity contribution >= 4 is 0 Å². The molecule has 2 nitrogen and oxygen atoms in total. The second-order valence-electron chi connectivity index (χ2n) is 5.77. The quantitative estimate of drug-likeness (QED) is 0.807. The highest BCUT2D eigenvalue weighted by Crippen LogP contribution is 2.29. The number of fused-ring (bicyclic) bond motifs is 1. The van der Waals surface area contributed by atoms with Crippen LogP contribution in [-0.4, -0.2) is 4.57 Å². The molecule has 2 aliphatic rings. The van der Waals surface area contributed by atoms with Crippen molar-refractivity contribution in [3.8, 4) is 0 Å². The van der Waals surface area contributed by atoms with Gasteiger partial charge in [-0.05, 0) is 63.0 Å². The standard InChI is InChI=1S/C16H24N2/c17-15-7-4-8-16-14(15)10-12-18(16)11-9-13-5-2-1-3-6-13/h5,10,12,15H,1-4,6-9,11,17H2. The lowest BCUT2D eigenvalue weighted by atomic mass is 9.93. The maximum absolute atomic E-state index is 6.17. The van der Waals surface area contributed by atoms with E-state index in [4.69, 9.17) is 5.73 Å². The largest absolute Gasteiger partial charge is 0.351 e. The zero-order chi connectivity index (χ0) is 12.4. The van der Waals surface area contributed by atoms with Gasteiger partial charge < -0.3 is 10.3 Å². The molecule has 0 saturated carbocycles. The number of allylic oxidation sites excluding steroid dienone is 2. The Morgan fingerprint density at radius 1 is 1.22 bits per heavy atom. The minimum Gasteiger partial charge on any atom is -0.351 e. The van der Waals surface area contributed by atoms with Crippen molar-refractivity contribution in [3.63, 3.8) is 0 Å². The molecule has 1 aromatic heterocycles. The Morgan fingerprint density at radius 2 is 2.17 bits per heavy atom. The number of nitrogens with zero attached hydrogens (tertiary/aromatic N) is 1. The highest BCUT2D eigenvalue weighted by atomic mass is 15.0. The molecule has 18 heavy (non-hydrogen) atoms. The predicted molar refractivity (Wildman–Crippen MR) is 75.5 cm³/mol. The van der Waals surface area contributed by atoms with Gasteiger partial charge in [0.05, 0.1) is 0 Å². The molecule has 0 aromatic carbocycles. The molecule has 0 fully saturated rings. The van der Waals surface area contributed by atoms with Crippen molar-refractivity contribution in [1.29, 1.82) is 0 Å². The highest BCUT2D eigenvalue weighted by Gasteiger charge is 2.19. The third kappa shape index (κ3) is 2.39. The Balaban J connectivity index is 1.68. The molecule has 1 unspecified atom stereocenters. The Labute approximate surface area is 110 Å². The minimum atomic E-state index is 0.281. The van der Waals surface area contributed by atoms with Crippen molar-refractivity contribution in [2.24, 2.45) is 5.73 Å². The summed E-state index contributed by atoms with van der Waals surface area (Å²) in [4.78, 5) is 0. The molecule has 2 aliphatic carbocycles. The molecule has 0 amide bonds. The van der Waals surface area contributed by atoms with Gasteiger partial charge in [-0.15, -0.1) is 0 Å². The third-order valence-electron chi connectivity index (χ3n) is 4.50. The molecule has 0 spiro atoms. The summed E-state index contributed by atoms with van der Waals surface area (Å²) in [6, 6.07) is 2.53. The summed E-state index contributed by atoms with van der Waals surface area (Å²) in [6.07, 6.45) is 15.0. The average molecular weight is 244 g/mol. The molecule has 1 aromatic rings. The predicted octanol–water partition coefficient (Wildman–Crippen LogP) is 3.71. The smallest absolute Gasteiger partial charge is 0.0312 e. The zero-order valence-corrected chi connectivity index (χ0v) is 11.2. The first-order valence-electron chi connectivity index (χ1n) is 7.46. The SMILES string of the molecule is NC1CCCc2c1ccn2CCC1=CCCCC1. The zero-order valence-electron chi connectivity index (χ0n) is 11.2. The van der Waals surface area contributed by atoms with Gasteiger partial charge in [0.25, 0.3) is 0 Å². The summed E-state index contributed by atoms with van der Waals surface area (Å²) in [5.41, 5.74) is 10.8. The van der Waals surface area contributed by atoms with Gasteiger partial charge in [0.2, 0.25) is 0 Å². The monoisotopic (exact) mass is 244 g/mol. The molecule has 1 atom stereocenters. The second-order valence-corrected chi connectivity index (χ2v) is 5.77. The van der Waals surface area contributed by atoms with Crippen LogP contribution in [-0.2, 0) is 13.0 Å². The molecule has 0 radical (unpaired) electrons. The molecule has 1 heterocycles. The lowest BCUT2D eigenvalue weighted by Gasteiger charge is -2.21. The van der Waals surface area contributed by atoms with Crippen LogP contribution >= 0.6 is 0 Å². The van der Waals surface area contributed by atoms with Gasteiger partial charge in [-0.25, -0.2) is 0 Å². The first-order chi connectivity index (χ1) is 8.84. The van der Waals surface area contributed by atoms with E-state index in [1.54, 1.807) is 5.57 Å². The molecule has 3 rings (SSSR count). The molecule has 0 bridgehead atoms. The van der Waals surface area contributed by atoms with E-state index in [0.29, 0.717) is 0 Å². The Kier molecular flexibility index (Phi) is 3.55. The van der Waals surface area contributed by atoms with Gasteiger partial charge in [0, 0.05) is 24.5 Å². The van der Waals surface area contributed by atoms with E-state index in [1.807, 2.05) is 0 Å². The topological polar surface area (TPSA) is 30.9 Å². The van der Waals surface area contributed by atoms with Gasteiger partial charge in [-0.1, -0.05) is 11.6 Å².